The van der Waals surface area contributed by atoms with E-state index in [-0.39, 0.29) is 12.3 Å². The molecule has 2 aromatic carbocycles. The van der Waals surface area contributed by atoms with Crippen molar-refractivity contribution in [3.05, 3.63) is 48.0 Å². The van der Waals surface area contributed by atoms with E-state index in [1.165, 1.54) is 0 Å². The maximum atomic E-state index is 12.1. The maximum absolute atomic E-state index is 12.1. The third kappa shape index (κ3) is 4.55. The van der Waals surface area contributed by atoms with Gasteiger partial charge in [-0.1, -0.05) is 56.3 Å². The number of hydrogen-bond donors (Lipinski definition) is 3. The van der Waals surface area contributed by atoms with E-state index in [1.54, 1.807) is 0 Å². The van der Waals surface area contributed by atoms with E-state index in [9.17, 15) is 14.7 Å². The Kier molecular flexibility index (Phi) is 5.93. The lowest BCUT2D eigenvalue weighted by Gasteiger charge is -2.19. The van der Waals surface area contributed by atoms with E-state index < -0.39 is 24.0 Å². The number of benzene rings is 2. The molecule has 0 saturated heterocycles. The van der Waals surface area contributed by atoms with Gasteiger partial charge in [0.15, 0.2) is 0 Å². The first-order valence-corrected chi connectivity index (χ1v) is 8.13. The van der Waals surface area contributed by atoms with Gasteiger partial charge >= 0.3 is 0 Å². The van der Waals surface area contributed by atoms with Crippen LogP contribution >= 0.6 is 0 Å². The van der Waals surface area contributed by atoms with Gasteiger partial charge in [0.2, 0.25) is 11.8 Å². The van der Waals surface area contributed by atoms with E-state index in [1.807, 2.05) is 56.3 Å². The van der Waals surface area contributed by atoms with Gasteiger partial charge in [0.25, 0.3) is 0 Å². The largest absolute Gasteiger partial charge is 0.383 e. The Morgan fingerprint density at radius 3 is 2.46 bits per heavy atom. The summed E-state index contributed by atoms with van der Waals surface area (Å²) in [5, 5.41) is 14.5. The second-order valence-corrected chi connectivity index (χ2v) is 6.45. The molecule has 0 aromatic heterocycles. The zero-order chi connectivity index (χ0) is 17.7. The van der Waals surface area contributed by atoms with Crippen molar-refractivity contribution in [1.82, 2.24) is 5.32 Å². The Hall–Kier alpha value is -2.40. The highest BCUT2D eigenvalue weighted by atomic mass is 16.3. The Labute approximate surface area is 141 Å². The molecular weight excluding hydrogens is 304 g/mol. The summed E-state index contributed by atoms with van der Waals surface area (Å²) in [5.41, 5.74) is 6.37. The molecule has 0 unspecified atom stereocenters. The van der Waals surface area contributed by atoms with Gasteiger partial charge in [0, 0.05) is 6.42 Å². The molecule has 5 heteroatoms. The second-order valence-electron chi connectivity index (χ2n) is 6.45. The standard InChI is InChI=1S/C19H24N2O3/c1-12(2)10-17(22)19(24)21-16(18(20)23)11-14-8-5-7-13-6-3-4-9-15(13)14/h3-9,12,16-17,22H,10-11H2,1-2H3,(H2,20,23)(H,21,24)/t16-,17-/m1/s1. The van der Waals surface area contributed by atoms with Crippen LogP contribution in [0.2, 0.25) is 0 Å². The summed E-state index contributed by atoms with van der Waals surface area (Å²) in [6.07, 6.45) is -0.512. The third-order valence-electron chi connectivity index (χ3n) is 3.96. The lowest BCUT2D eigenvalue weighted by atomic mass is 9.98. The van der Waals surface area contributed by atoms with Crippen LogP contribution in [0.25, 0.3) is 10.8 Å². The molecule has 0 bridgehead atoms. The van der Waals surface area contributed by atoms with Crippen LogP contribution in [0, 0.1) is 5.92 Å². The predicted octanol–water partition coefficient (Wildman–Crippen LogP) is 1.76. The van der Waals surface area contributed by atoms with Crippen LogP contribution < -0.4 is 11.1 Å². The van der Waals surface area contributed by atoms with Crippen LogP contribution in [0.15, 0.2) is 42.5 Å². The topological polar surface area (TPSA) is 92.4 Å². The fourth-order valence-corrected chi connectivity index (χ4v) is 2.73. The average molecular weight is 328 g/mol. The number of rotatable bonds is 7. The van der Waals surface area contributed by atoms with E-state index in [4.69, 9.17) is 5.73 Å². The summed E-state index contributed by atoms with van der Waals surface area (Å²) in [5.74, 6) is -1.00. The van der Waals surface area contributed by atoms with Crippen molar-refractivity contribution in [2.24, 2.45) is 11.7 Å². The van der Waals surface area contributed by atoms with Gasteiger partial charge in [-0.2, -0.15) is 0 Å². The summed E-state index contributed by atoms with van der Waals surface area (Å²) >= 11 is 0. The van der Waals surface area contributed by atoms with Crippen molar-refractivity contribution in [3.8, 4) is 0 Å². The monoisotopic (exact) mass is 328 g/mol. The first-order chi connectivity index (χ1) is 11.4. The van der Waals surface area contributed by atoms with Crippen LogP contribution in [0.5, 0.6) is 0 Å². The van der Waals surface area contributed by atoms with E-state index >= 15 is 0 Å². The third-order valence-corrected chi connectivity index (χ3v) is 3.96. The smallest absolute Gasteiger partial charge is 0.249 e. The SMILES string of the molecule is CC(C)C[C@@H](O)C(=O)N[C@H](Cc1cccc2ccccc12)C(N)=O. The van der Waals surface area contributed by atoms with Crippen LogP contribution in [-0.4, -0.2) is 29.1 Å². The molecule has 0 spiro atoms. The van der Waals surface area contributed by atoms with Gasteiger partial charge in [-0.05, 0) is 28.7 Å². The van der Waals surface area contributed by atoms with E-state index in [2.05, 4.69) is 5.32 Å². The summed E-state index contributed by atoms with van der Waals surface area (Å²) in [7, 11) is 0. The normalized spacial score (nSPS) is 13.7. The van der Waals surface area contributed by atoms with Gasteiger partial charge in [0.05, 0.1) is 0 Å². The molecule has 4 N–H and O–H groups in total. The van der Waals surface area contributed by atoms with Gasteiger partial charge in [0.1, 0.15) is 12.1 Å². The molecule has 0 fully saturated rings. The van der Waals surface area contributed by atoms with Crippen LogP contribution in [0.4, 0.5) is 0 Å². The molecular formula is C19H24N2O3. The number of carbonyl (C=O) groups is 2. The number of carbonyl (C=O) groups excluding carboxylic acids is 2. The van der Waals surface area contributed by atoms with Crippen molar-refractivity contribution in [1.29, 1.82) is 0 Å². The number of nitrogens with one attached hydrogen (secondary N) is 1. The van der Waals surface area contributed by atoms with Crippen LogP contribution in [0.1, 0.15) is 25.8 Å². The van der Waals surface area contributed by atoms with Crippen molar-refractivity contribution < 1.29 is 14.7 Å². The van der Waals surface area contributed by atoms with Crippen molar-refractivity contribution in [2.45, 2.75) is 38.8 Å². The molecule has 128 valence electrons. The number of aliphatic hydroxyl groups excluding tert-OH is 1. The fourth-order valence-electron chi connectivity index (χ4n) is 2.73. The number of aliphatic hydroxyl groups is 1. The Bertz CT molecular complexity index is 722. The van der Waals surface area contributed by atoms with Crippen LogP contribution in [0.3, 0.4) is 0 Å². The molecule has 0 heterocycles. The number of primary amides is 1. The molecule has 5 nitrogen and oxygen atoms in total. The number of amides is 2. The Morgan fingerprint density at radius 1 is 1.12 bits per heavy atom. The molecule has 0 aliphatic carbocycles. The maximum Gasteiger partial charge on any atom is 0.249 e. The minimum Gasteiger partial charge on any atom is -0.383 e. The van der Waals surface area contributed by atoms with E-state index in [0.717, 1.165) is 16.3 Å². The molecule has 0 radical (unpaired) electrons. The zero-order valence-electron chi connectivity index (χ0n) is 14.0. The lowest BCUT2D eigenvalue weighted by Crippen LogP contribution is -2.49. The minimum atomic E-state index is -1.14. The van der Waals surface area contributed by atoms with E-state index in [0.29, 0.717) is 6.42 Å². The summed E-state index contributed by atoms with van der Waals surface area (Å²) in [4.78, 5) is 23.8. The quantitative estimate of drug-likeness (QED) is 0.723. The first kappa shape index (κ1) is 17.9. The van der Waals surface area contributed by atoms with Crippen molar-refractivity contribution in [2.75, 3.05) is 0 Å². The number of hydrogen-bond acceptors (Lipinski definition) is 3. The second kappa shape index (κ2) is 7.93. The molecule has 2 rings (SSSR count). The highest BCUT2D eigenvalue weighted by Gasteiger charge is 2.24. The fraction of sp³-hybridized carbons (Fsp3) is 0.368. The molecule has 24 heavy (non-hydrogen) atoms. The van der Waals surface area contributed by atoms with Gasteiger partial charge < -0.3 is 16.2 Å². The lowest BCUT2D eigenvalue weighted by molar-refractivity contribution is -0.133. The Morgan fingerprint density at radius 2 is 1.79 bits per heavy atom. The molecule has 2 amide bonds. The highest BCUT2D eigenvalue weighted by molar-refractivity contribution is 5.90. The van der Waals surface area contributed by atoms with Crippen molar-refractivity contribution >= 4 is 22.6 Å². The summed E-state index contributed by atoms with van der Waals surface area (Å²) < 4.78 is 0. The zero-order valence-corrected chi connectivity index (χ0v) is 14.0. The summed E-state index contributed by atoms with van der Waals surface area (Å²) in [6, 6.07) is 12.8. The molecule has 0 aliphatic rings. The van der Waals surface area contributed by atoms with Gasteiger partial charge in [-0.15, -0.1) is 0 Å². The molecule has 0 aliphatic heterocycles. The van der Waals surface area contributed by atoms with Crippen LogP contribution in [-0.2, 0) is 16.0 Å². The summed E-state index contributed by atoms with van der Waals surface area (Å²) in [6.45, 7) is 3.83. The van der Waals surface area contributed by atoms with Crippen molar-refractivity contribution in [3.63, 3.8) is 0 Å². The molecule has 2 atom stereocenters. The number of fused-ring (bicyclic) bond motifs is 1. The average Bonchev–Trinajstić information content (AvgIpc) is 2.53. The Balaban J connectivity index is 2.16. The first-order valence-electron chi connectivity index (χ1n) is 8.13. The van der Waals surface area contributed by atoms with Gasteiger partial charge in [-0.25, -0.2) is 0 Å². The highest BCUT2D eigenvalue weighted by Crippen LogP contribution is 2.20. The van der Waals surface area contributed by atoms with Gasteiger partial charge in [-0.3, -0.25) is 9.59 Å². The molecule has 2 aromatic rings. The number of nitrogens with two attached hydrogens (primary N) is 1. The molecule has 0 saturated carbocycles. The predicted molar refractivity (Wildman–Crippen MR) is 94.2 cm³/mol. The minimum absolute atomic E-state index is 0.177.